The summed E-state index contributed by atoms with van der Waals surface area (Å²) < 4.78 is 1.90. The fourth-order valence-electron chi connectivity index (χ4n) is 0.744. The summed E-state index contributed by atoms with van der Waals surface area (Å²) in [5.74, 6) is 0. The fraction of sp³-hybridized carbons (Fsp3) is 0.667. The lowest BCUT2D eigenvalue weighted by Gasteiger charge is -1.97. The number of aliphatic hydroxyl groups excluding tert-OH is 1. The van der Waals surface area contributed by atoms with Gasteiger partial charge in [-0.3, -0.25) is 0 Å². The predicted molar refractivity (Wildman–Crippen MR) is 36.3 cm³/mol. The molecule has 1 heterocycles. The Labute approximate surface area is 59.5 Å². The smallest absolute Gasteiger partial charge is 0.119 e. The van der Waals surface area contributed by atoms with E-state index in [1.54, 1.807) is 12.7 Å². The van der Waals surface area contributed by atoms with Crippen LogP contribution in [0.15, 0.2) is 12.7 Å². The molecule has 0 bridgehead atoms. The molecule has 0 unspecified atom stereocenters. The van der Waals surface area contributed by atoms with Gasteiger partial charge in [-0.2, -0.15) is 0 Å². The second kappa shape index (κ2) is 4.00. The van der Waals surface area contributed by atoms with Gasteiger partial charge < -0.3 is 9.67 Å². The first-order chi connectivity index (χ1) is 4.93. The molecule has 0 saturated carbocycles. The van der Waals surface area contributed by atoms with Crippen molar-refractivity contribution in [1.82, 2.24) is 14.8 Å². The third-order valence-electron chi connectivity index (χ3n) is 1.29. The Morgan fingerprint density at radius 1 is 1.20 bits per heavy atom. The Bertz CT molecular complexity index is 162. The molecule has 1 rings (SSSR count). The van der Waals surface area contributed by atoms with Gasteiger partial charge in [0, 0.05) is 13.2 Å². The van der Waals surface area contributed by atoms with Crippen molar-refractivity contribution in [2.45, 2.75) is 19.4 Å². The third-order valence-corrected chi connectivity index (χ3v) is 1.29. The van der Waals surface area contributed by atoms with Crippen LogP contribution in [-0.4, -0.2) is 26.5 Å². The van der Waals surface area contributed by atoms with Crippen LogP contribution in [0, 0.1) is 0 Å². The van der Waals surface area contributed by atoms with E-state index < -0.39 is 0 Å². The van der Waals surface area contributed by atoms with E-state index in [1.807, 2.05) is 4.57 Å². The van der Waals surface area contributed by atoms with Gasteiger partial charge in [0.05, 0.1) is 0 Å². The quantitative estimate of drug-likeness (QED) is 0.603. The molecule has 0 aromatic carbocycles. The zero-order valence-corrected chi connectivity index (χ0v) is 5.77. The molecule has 0 amide bonds. The molecule has 56 valence electrons. The van der Waals surface area contributed by atoms with Crippen LogP contribution >= 0.6 is 0 Å². The molecule has 4 nitrogen and oxygen atoms in total. The summed E-state index contributed by atoms with van der Waals surface area (Å²) in [5, 5.41) is 15.8. The van der Waals surface area contributed by atoms with Crippen LogP contribution in [-0.2, 0) is 6.54 Å². The van der Waals surface area contributed by atoms with Gasteiger partial charge in [0.25, 0.3) is 0 Å². The summed E-state index contributed by atoms with van der Waals surface area (Å²) in [6, 6.07) is 0. The monoisotopic (exact) mass is 141 g/mol. The summed E-state index contributed by atoms with van der Waals surface area (Å²) in [4.78, 5) is 0. The van der Waals surface area contributed by atoms with E-state index in [-0.39, 0.29) is 6.61 Å². The first-order valence-corrected chi connectivity index (χ1v) is 3.37. The lowest BCUT2D eigenvalue weighted by Crippen LogP contribution is -1.95. The standard InChI is InChI=1S/C6H11N3O/c10-4-2-1-3-9-5-7-8-6-9/h5-6,10H,1-4H2. The zero-order valence-electron chi connectivity index (χ0n) is 5.77. The van der Waals surface area contributed by atoms with E-state index in [0.717, 1.165) is 19.4 Å². The van der Waals surface area contributed by atoms with Crippen molar-refractivity contribution >= 4 is 0 Å². The third kappa shape index (κ3) is 2.14. The van der Waals surface area contributed by atoms with Gasteiger partial charge in [-0.15, -0.1) is 10.2 Å². The number of rotatable bonds is 4. The van der Waals surface area contributed by atoms with Crippen LogP contribution in [0.3, 0.4) is 0 Å². The maximum atomic E-state index is 8.45. The molecule has 0 aliphatic carbocycles. The lowest BCUT2D eigenvalue weighted by molar-refractivity contribution is 0.281. The van der Waals surface area contributed by atoms with Crippen molar-refractivity contribution in [2.24, 2.45) is 0 Å². The number of hydrogen-bond donors (Lipinski definition) is 1. The molecular weight excluding hydrogens is 130 g/mol. The zero-order chi connectivity index (χ0) is 7.23. The number of nitrogens with zero attached hydrogens (tertiary/aromatic N) is 3. The highest BCUT2D eigenvalue weighted by atomic mass is 16.2. The number of hydrogen-bond acceptors (Lipinski definition) is 3. The maximum Gasteiger partial charge on any atom is 0.119 e. The van der Waals surface area contributed by atoms with Gasteiger partial charge in [-0.1, -0.05) is 0 Å². The molecule has 1 aromatic rings. The Morgan fingerprint density at radius 2 is 1.90 bits per heavy atom. The summed E-state index contributed by atoms with van der Waals surface area (Å²) >= 11 is 0. The van der Waals surface area contributed by atoms with Crippen LogP contribution in [0.5, 0.6) is 0 Å². The van der Waals surface area contributed by atoms with Gasteiger partial charge in [0.1, 0.15) is 12.7 Å². The molecule has 10 heavy (non-hydrogen) atoms. The van der Waals surface area contributed by atoms with Crippen molar-refractivity contribution < 1.29 is 5.11 Å². The first-order valence-electron chi connectivity index (χ1n) is 3.37. The van der Waals surface area contributed by atoms with Crippen molar-refractivity contribution in [1.29, 1.82) is 0 Å². The molecule has 0 aliphatic rings. The summed E-state index contributed by atoms with van der Waals surface area (Å²) in [5.41, 5.74) is 0. The van der Waals surface area contributed by atoms with E-state index in [1.165, 1.54) is 0 Å². The Kier molecular flexibility index (Phi) is 2.89. The van der Waals surface area contributed by atoms with Gasteiger partial charge >= 0.3 is 0 Å². The fourth-order valence-corrected chi connectivity index (χ4v) is 0.744. The van der Waals surface area contributed by atoms with Gasteiger partial charge in [0.2, 0.25) is 0 Å². The Balaban J connectivity index is 2.15. The normalized spacial score (nSPS) is 10.1. The molecular formula is C6H11N3O. The van der Waals surface area contributed by atoms with Crippen LogP contribution in [0.1, 0.15) is 12.8 Å². The SMILES string of the molecule is OCCCCn1cnnc1. The largest absolute Gasteiger partial charge is 0.396 e. The van der Waals surface area contributed by atoms with Gasteiger partial charge in [-0.25, -0.2) is 0 Å². The lowest BCUT2D eigenvalue weighted by atomic mass is 10.3. The minimum absolute atomic E-state index is 0.266. The second-order valence-corrected chi connectivity index (χ2v) is 2.13. The predicted octanol–water partition coefficient (Wildman–Crippen LogP) is 0.0506. The molecule has 4 heteroatoms. The number of unbranched alkanes of at least 4 members (excludes halogenated alkanes) is 1. The van der Waals surface area contributed by atoms with Crippen molar-refractivity contribution in [3.63, 3.8) is 0 Å². The Hall–Kier alpha value is -0.900. The first kappa shape index (κ1) is 7.21. The minimum atomic E-state index is 0.266. The molecule has 0 fully saturated rings. The second-order valence-electron chi connectivity index (χ2n) is 2.13. The average Bonchev–Trinajstić information content (AvgIpc) is 2.41. The molecule has 0 atom stereocenters. The van der Waals surface area contributed by atoms with Crippen LogP contribution < -0.4 is 0 Å². The number of aryl methyl sites for hydroxylation is 1. The van der Waals surface area contributed by atoms with Crippen LogP contribution in [0.2, 0.25) is 0 Å². The Morgan fingerprint density at radius 3 is 2.50 bits per heavy atom. The summed E-state index contributed by atoms with van der Waals surface area (Å²) in [6.07, 6.45) is 5.18. The van der Waals surface area contributed by atoms with Crippen molar-refractivity contribution in [3.05, 3.63) is 12.7 Å². The molecule has 0 aliphatic heterocycles. The number of aromatic nitrogens is 3. The minimum Gasteiger partial charge on any atom is -0.396 e. The van der Waals surface area contributed by atoms with E-state index >= 15 is 0 Å². The van der Waals surface area contributed by atoms with Crippen molar-refractivity contribution in [2.75, 3.05) is 6.61 Å². The van der Waals surface area contributed by atoms with E-state index in [2.05, 4.69) is 10.2 Å². The molecule has 0 saturated heterocycles. The van der Waals surface area contributed by atoms with Crippen LogP contribution in [0.4, 0.5) is 0 Å². The van der Waals surface area contributed by atoms with E-state index in [0.29, 0.717) is 0 Å². The molecule has 1 aromatic heterocycles. The maximum absolute atomic E-state index is 8.45. The highest BCUT2D eigenvalue weighted by Gasteiger charge is 1.88. The highest BCUT2D eigenvalue weighted by molar-refractivity contribution is 4.59. The highest BCUT2D eigenvalue weighted by Crippen LogP contribution is 1.91. The van der Waals surface area contributed by atoms with Crippen LogP contribution in [0.25, 0.3) is 0 Å². The number of aliphatic hydroxyl groups is 1. The molecule has 1 N–H and O–H groups in total. The van der Waals surface area contributed by atoms with Gasteiger partial charge in [0.15, 0.2) is 0 Å². The van der Waals surface area contributed by atoms with Crippen molar-refractivity contribution in [3.8, 4) is 0 Å². The molecule has 0 spiro atoms. The van der Waals surface area contributed by atoms with E-state index in [9.17, 15) is 0 Å². The average molecular weight is 141 g/mol. The summed E-state index contributed by atoms with van der Waals surface area (Å²) in [7, 11) is 0. The van der Waals surface area contributed by atoms with E-state index in [4.69, 9.17) is 5.11 Å². The topological polar surface area (TPSA) is 50.9 Å². The summed E-state index contributed by atoms with van der Waals surface area (Å²) in [6.45, 7) is 1.16. The molecule has 0 radical (unpaired) electrons. The van der Waals surface area contributed by atoms with Gasteiger partial charge in [-0.05, 0) is 12.8 Å².